The first-order chi connectivity index (χ1) is 7.80. The summed E-state index contributed by atoms with van der Waals surface area (Å²) in [7, 11) is 0. The van der Waals surface area contributed by atoms with Crippen molar-refractivity contribution in [3.63, 3.8) is 0 Å². The van der Waals surface area contributed by atoms with Crippen LogP contribution in [0.2, 0.25) is 0 Å². The van der Waals surface area contributed by atoms with Crippen LogP contribution >= 0.6 is 0 Å². The predicted molar refractivity (Wildman–Crippen MR) is 60.5 cm³/mol. The van der Waals surface area contributed by atoms with Crippen LogP contribution in [-0.2, 0) is 12.1 Å². The van der Waals surface area contributed by atoms with E-state index in [0.717, 1.165) is 19.4 Å². The number of H-pyrrole nitrogens is 2. The van der Waals surface area contributed by atoms with Crippen molar-refractivity contribution in [3.8, 4) is 0 Å². The van der Waals surface area contributed by atoms with Crippen molar-refractivity contribution in [1.29, 1.82) is 0 Å². The van der Waals surface area contributed by atoms with E-state index in [2.05, 4.69) is 45.3 Å². The molecule has 0 aliphatic carbocycles. The molecule has 16 heavy (non-hydrogen) atoms. The van der Waals surface area contributed by atoms with Crippen LogP contribution in [-0.4, -0.2) is 9.97 Å². The third-order valence-corrected chi connectivity index (χ3v) is 3.49. The summed E-state index contributed by atoms with van der Waals surface area (Å²) in [5.74, 6) is 0. The van der Waals surface area contributed by atoms with E-state index in [1.807, 2.05) is 25.0 Å². The molecule has 0 aromatic carbocycles. The lowest BCUT2D eigenvalue weighted by Crippen LogP contribution is -2.61. The minimum absolute atomic E-state index is 0.160. The molecule has 0 unspecified atom stereocenters. The molecule has 0 aliphatic rings. The highest BCUT2D eigenvalue weighted by Gasteiger charge is 2.35. The van der Waals surface area contributed by atoms with Gasteiger partial charge >= 0.3 is 0 Å². The largest absolute Gasteiger partial charge is 0.250 e. The van der Waals surface area contributed by atoms with Crippen molar-refractivity contribution in [2.45, 2.75) is 38.8 Å². The molecule has 86 valence electrons. The molecule has 0 radical (unpaired) electrons. The molecule has 2 aromatic heterocycles. The smallest absolute Gasteiger partial charge is 0.242 e. The molecule has 2 aromatic rings. The van der Waals surface area contributed by atoms with E-state index in [9.17, 15) is 0 Å². The van der Waals surface area contributed by atoms with Gasteiger partial charge in [-0.1, -0.05) is 13.8 Å². The molecule has 2 heterocycles. The maximum Gasteiger partial charge on any atom is 0.242 e. The Morgan fingerprint density at radius 2 is 1.69 bits per heavy atom. The molecule has 0 fully saturated rings. The van der Waals surface area contributed by atoms with Crippen LogP contribution in [0, 0.1) is 0 Å². The maximum absolute atomic E-state index is 3.13. The first kappa shape index (κ1) is 10.9. The monoisotopic (exact) mass is 220 g/mol. The second kappa shape index (κ2) is 4.51. The van der Waals surface area contributed by atoms with Crippen LogP contribution in [0.5, 0.6) is 0 Å². The maximum atomic E-state index is 3.13. The Morgan fingerprint density at radius 3 is 2.19 bits per heavy atom. The summed E-state index contributed by atoms with van der Waals surface area (Å²) in [5, 5.41) is 0. The van der Waals surface area contributed by atoms with Crippen LogP contribution in [0.3, 0.4) is 0 Å². The standard InChI is InChI=1S/C12H18N4/c1-3-12(4-2,16-8-6-14-11-16)9-15-7-5-13-10-15/h5-8,10-11H,3-4,9H2,1-2H3/p+2. The molecule has 2 rings (SSSR count). The van der Waals surface area contributed by atoms with E-state index in [1.54, 1.807) is 0 Å². The summed E-state index contributed by atoms with van der Waals surface area (Å²) in [6, 6.07) is 0. The number of imidazole rings is 2. The van der Waals surface area contributed by atoms with Gasteiger partial charge in [0, 0.05) is 0 Å². The number of aromatic nitrogens is 4. The van der Waals surface area contributed by atoms with Gasteiger partial charge in [0.25, 0.3) is 0 Å². The summed E-state index contributed by atoms with van der Waals surface area (Å²) in [6.45, 7) is 5.49. The SMILES string of the molecule is CCC(CC)(C[n+]1cc[nH]c1)[n+]1cc[nH]c1. The van der Waals surface area contributed by atoms with Gasteiger partial charge in [-0.15, -0.1) is 0 Å². The fourth-order valence-electron chi connectivity index (χ4n) is 2.26. The summed E-state index contributed by atoms with van der Waals surface area (Å²) in [4.78, 5) is 6.22. The Labute approximate surface area is 96.0 Å². The van der Waals surface area contributed by atoms with Gasteiger partial charge in [0.15, 0.2) is 0 Å². The molecular weight excluding hydrogens is 200 g/mol. The van der Waals surface area contributed by atoms with Crippen LogP contribution in [0.1, 0.15) is 26.7 Å². The number of hydrogen-bond donors (Lipinski definition) is 2. The molecule has 2 N–H and O–H groups in total. The van der Waals surface area contributed by atoms with Gasteiger partial charge in [-0.25, -0.2) is 9.13 Å². The van der Waals surface area contributed by atoms with Gasteiger partial charge in [0.1, 0.15) is 36.9 Å². The molecule has 0 bridgehead atoms. The first-order valence-electron chi connectivity index (χ1n) is 5.87. The number of hydrogen-bond acceptors (Lipinski definition) is 0. The van der Waals surface area contributed by atoms with Crippen LogP contribution in [0.4, 0.5) is 0 Å². The van der Waals surface area contributed by atoms with Crippen molar-refractivity contribution in [1.82, 2.24) is 9.97 Å². The predicted octanol–water partition coefficient (Wildman–Crippen LogP) is 1.13. The minimum atomic E-state index is 0.160. The number of rotatable bonds is 5. The molecule has 4 nitrogen and oxygen atoms in total. The second-order valence-corrected chi connectivity index (χ2v) is 4.23. The van der Waals surface area contributed by atoms with Crippen molar-refractivity contribution >= 4 is 0 Å². The zero-order chi connectivity index (χ0) is 11.4. The van der Waals surface area contributed by atoms with Crippen LogP contribution in [0.25, 0.3) is 0 Å². The molecule has 0 amide bonds. The quantitative estimate of drug-likeness (QED) is 0.709. The normalized spacial score (nSPS) is 11.9. The Balaban J connectivity index is 2.28. The molecule has 0 spiro atoms. The number of nitrogens with one attached hydrogen (secondary N) is 2. The van der Waals surface area contributed by atoms with E-state index in [4.69, 9.17) is 0 Å². The van der Waals surface area contributed by atoms with Crippen molar-refractivity contribution in [2.75, 3.05) is 0 Å². The van der Waals surface area contributed by atoms with Crippen LogP contribution in [0.15, 0.2) is 37.4 Å². The lowest BCUT2D eigenvalue weighted by Gasteiger charge is -2.26. The Hall–Kier alpha value is -1.58. The van der Waals surface area contributed by atoms with Gasteiger partial charge in [-0.3, -0.25) is 9.97 Å². The fraction of sp³-hybridized carbons (Fsp3) is 0.500. The molecular formula is C12H20N4+2. The lowest BCUT2D eigenvalue weighted by molar-refractivity contribution is -0.832. The topological polar surface area (TPSA) is 39.3 Å². The molecule has 0 saturated carbocycles. The Morgan fingerprint density at radius 1 is 1.00 bits per heavy atom. The van der Waals surface area contributed by atoms with E-state index in [0.29, 0.717) is 0 Å². The zero-order valence-electron chi connectivity index (χ0n) is 9.98. The summed E-state index contributed by atoms with van der Waals surface area (Å²) in [6.07, 6.45) is 14.4. The number of aromatic amines is 2. The van der Waals surface area contributed by atoms with Gasteiger partial charge < -0.3 is 0 Å². The molecule has 0 saturated heterocycles. The van der Waals surface area contributed by atoms with E-state index in [-0.39, 0.29) is 5.54 Å². The van der Waals surface area contributed by atoms with Gasteiger partial charge in [-0.05, 0) is 12.8 Å². The highest BCUT2D eigenvalue weighted by atomic mass is 15.1. The average Bonchev–Trinajstić information content (AvgIpc) is 2.99. The fourth-order valence-corrected chi connectivity index (χ4v) is 2.26. The van der Waals surface area contributed by atoms with Crippen molar-refractivity contribution in [3.05, 3.63) is 37.4 Å². The summed E-state index contributed by atoms with van der Waals surface area (Å²) < 4.78 is 4.49. The Bertz CT molecular complexity index is 398. The lowest BCUT2D eigenvalue weighted by atomic mass is 9.92. The van der Waals surface area contributed by atoms with Gasteiger partial charge in [0.2, 0.25) is 12.7 Å². The van der Waals surface area contributed by atoms with E-state index in [1.165, 1.54) is 0 Å². The molecule has 0 atom stereocenters. The molecule has 4 heteroatoms. The molecule has 0 aliphatic heterocycles. The van der Waals surface area contributed by atoms with Gasteiger partial charge in [-0.2, -0.15) is 0 Å². The van der Waals surface area contributed by atoms with Gasteiger partial charge in [0.05, 0.1) is 0 Å². The Kier molecular flexibility index (Phi) is 3.08. The van der Waals surface area contributed by atoms with Crippen molar-refractivity contribution < 1.29 is 9.13 Å². The van der Waals surface area contributed by atoms with Crippen LogP contribution < -0.4 is 9.13 Å². The third kappa shape index (κ3) is 1.87. The zero-order valence-corrected chi connectivity index (χ0v) is 9.98. The minimum Gasteiger partial charge on any atom is -0.250 e. The summed E-state index contributed by atoms with van der Waals surface area (Å²) >= 11 is 0. The first-order valence-corrected chi connectivity index (χ1v) is 5.87. The summed E-state index contributed by atoms with van der Waals surface area (Å²) in [5.41, 5.74) is 0.160. The number of nitrogens with zero attached hydrogens (tertiary/aromatic N) is 2. The third-order valence-electron chi connectivity index (χ3n) is 3.49. The highest BCUT2D eigenvalue weighted by Crippen LogP contribution is 2.18. The van der Waals surface area contributed by atoms with E-state index < -0.39 is 0 Å². The van der Waals surface area contributed by atoms with Crippen molar-refractivity contribution in [2.24, 2.45) is 0 Å². The highest BCUT2D eigenvalue weighted by molar-refractivity contribution is 4.69. The second-order valence-electron chi connectivity index (χ2n) is 4.23. The van der Waals surface area contributed by atoms with E-state index >= 15 is 0 Å². The average molecular weight is 220 g/mol.